The van der Waals surface area contributed by atoms with Crippen LogP contribution in [0.4, 0.5) is 17.1 Å². The number of rotatable bonds is 7. The minimum atomic E-state index is 0.715. The SMILES string of the molecule is c1ccc(N(c2ccc(-c3nnc(-c4cccnc4)n3-c3ccncc3)cc2)c2ccc(-n3c4ccccc4c4ccccc43)cc2)cc1. The third-order valence-corrected chi connectivity index (χ3v) is 8.85. The quantitative estimate of drug-likeness (QED) is 0.175. The molecule has 0 saturated carbocycles. The van der Waals surface area contributed by atoms with Gasteiger partial charge in [-0.05, 0) is 97.1 Å². The van der Waals surface area contributed by atoms with Crippen LogP contribution in [0.25, 0.3) is 56.0 Å². The van der Waals surface area contributed by atoms with E-state index in [1.165, 1.54) is 21.8 Å². The van der Waals surface area contributed by atoms with Gasteiger partial charge in [0.2, 0.25) is 0 Å². The summed E-state index contributed by atoms with van der Waals surface area (Å²) in [7, 11) is 0. The maximum atomic E-state index is 4.66. The first-order chi connectivity index (χ1) is 24.3. The fourth-order valence-electron chi connectivity index (χ4n) is 6.63. The Morgan fingerprint density at radius 1 is 0.388 bits per heavy atom. The van der Waals surface area contributed by atoms with Crippen molar-refractivity contribution in [2.45, 2.75) is 0 Å². The van der Waals surface area contributed by atoms with Crippen molar-refractivity contribution in [2.24, 2.45) is 0 Å². The Morgan fingerprint density at radius 2 is 0.939 bits per heavy atom. The van der Waals surface area contributed by atoms with Crippen molar-refractivity contribution in [3.63, 3.8) is 0 Å². The second kappa shape index (κ2) is 12.1. The Bertz CT molecular complexity index is 2470. The monoisotopic (exact) mass is 631 g/mol. The molecule has 0 N–H and O–H groups in total. The summed E-state index contributed by atoms with van der Waals surface area (Å²) in [4.78, 5) is 10.8. The van der Waals surface area contributed by atoms with Crippen molar-refractivity contribution in [1.82, 2.24) is 29.3 Å². The Labute approximate surface area is 283 Å². The number of hydrogen-bond acceptors (Lipinski definition) is 5. The van der Waals surface area contributed by atoms with E-state index in [0.29, 0.717) is 5.82 Å². The Hall–Kier alpha value is -6.86. The number of nitrogens with zero attached hydrogens (tertiary/aromatic N) is 7. The van der Waals surface area contributed by atoms with Crippen LogP contribution in [0, 0.1) is 0 Å². The van der Waals surface area contributed by atoms with Crippen LogP contribution in [0.2, 0.25) is 0 Å². The van der Waals surface area contributed by atoms with Gasteiger partial charge < -0.3 is 9.47 Å². The standard InChI is InChI=1S/C42H29N7/c1-2-10-32(11-3-1)47(34-20-22-35(23-21-34)48-39-14-6-4-12-37(39)38-13-5-7-15-40(38)48)33-18-16-30(17-19-33)41-45-46-42(31-9-8-26-44-29-31)49(41)36-24-27-43-28-25-36/h1-29H. The van der Waals surface area contributed by atoms with Crippen LogP contribution in [0.3, 0.4) is 0 Å². The molecule has 0 bridgehead atoms. The molecule has 4 heterocycles. The van der Waals surface area contributed by atoms with E-state index in [2.05, 4.69) is 156 Å². The molecule has 7 heteroatoms. The van der Waals surface area contributed by atoms with Crippen molar-refractivity contribution in [3.05, 3.63) is 176 Å². The molecule has 0 spiro atoms. The molecule has 4 aromatic heterocycles. The third kappa shape index (κ3) is 5.01. The van der Waals surface area contributed by atoms with Crippen molar-refractivity contribution in [1.29, 1.82) is 0 Å². The summed E-state index contributed by atoms with van der Waals surface area (Å²) < 4.78 is 4.39. The van der Waals surface area contributed by atoms with Gasteiger partial charge in [-0.1, -0.05) is 54.6 Å². The first-order valence-electron chi connectivity index (χ1n) is 16.1. The van der Waals surface area contributed by atoms with Gasteiger partial charge in [0, 0.05) is 69.4 Å². The van der Waals surface area contributed by atoms with Gasteiger partial charge >= 0.3 is 0 Å². The van der Waals surface area contributed by atoms with Gasteiger partial charge in [-0.2, -0.15) is 0 Å². The van der Waals surface area contributed by atoms with Crippen LogP contribution in [0.15, 0.2) is 176 Å². The molecule has 0 atom stereocenters. The number of hydrogen-bond donors (Lipinski definition) is 0. The topological polar surface area (TPSA) is 64.7 Å². The zero-order chi connectivity index (χ0) is 32.6. The second-order valence-corrected chi connectivity index (χ2v) is 11.7. The average Bonchev–Trinajstić information content (AvgIpc) is 3.77. The largest absolute Gasteiger partial charge is 0.311 e. The summed E-state index contributed by atoms with van der Waals surface area (Å²) in [5.41, 5.74) is 9.41. The zero-order valence-electron chi connectivity index (χ0n) is 26.4. The number of anilines is 3. The van der Waals surface area contributed by atoms with E-state index in [9.17, 15) is 0 Å². The highest BCUT2D eigenvalue weighted by molar-refractivity contribution is 6.09. The lowest BCUT2D eigenvalue weighted by Gasteiger charge is -2.26. The molecule has 0 unspecified atom stereocenters. The molecule has 49 heavy (non-hydrogen) atoms. The highest BCUT2D eigenvalue weighted by atomic mass is 15.3. The molecule has 0 aliphatic carbocycles. The lowest BCUT2D eigenvalue weighted by molar-refractivity contribution is 1.06. The summed E-state index contributed by atoms with van der Waals surface area (Å²) in [6.07, 6.45) is 7.12. The van der Waals surface area contributed by atoms with Crippen molar-refractivity contribution in [2.75, 3.05) is 4.90 Å². The molecule has 0 fully saturated rings. The minimum Gasteiger partial charge on any atom is -0.311 e. The van der Waals surface area contributed by atoms with Crippen LogP contribution >= 0.6 is 0 Å². The average molecular weight is 632 g/mol. The highest BCUT2D eigenvalue weighted by Crippen LogP contribution is 2.38. The summed E-state index contributed by atoms with van der Waals surface area (Å²) in [5, 5.41) is 11.8. The van der Waals surface area contributed by atoms with Gasteiger partial charge in [0.15, 0.2) is 11.6 Å². The number of benzene rings is 5. The van der Waals surface area contributed by atoms with E-state index < -0.39 is 0 Å². The molecule has 7 nitrogen and oxygen atoms in total. The Balaban J connectivity index is 1.12. The fraction of sp³-hybridized carbons (Fsp3) is 0. The third-order valence-electron chi connectivity index (χ3n) is 8.85. The molecule has 0 aliphatic rings. The first kappa shape index (κ1) is 28.4. The number of para-hydroxylation sites is 3. The van der Waals surface area contributed by atoms with E-state index >= 15 is 0 Å². The van der Waals surface area contributed by atoms with Gasteiger partial charge in [0.1, 0.15) is 0 Å². The number of pyridine rings is 2. The molecule has 0 amide bonds. The summed E-state index contributed by atoms with van der Waals surface area (Å²) >= 11 is 0. The van der Waals surface area contributed by atoms with E-state index in [4.69, 9.17) is 0 Å². The van der Waals surface area contributed by atoms with E-state index in [0.717, 1.165) is 45.4 Å². The van der Waals surface area contributed by atoms with Gasteiger partial charge in [0.05, 0.1) is 16.7 Å². The van der Waals surface area contributed by atoms with Crippen molar-refractivity contribution < 1.29 is 0 Å². The molecule has 0 saturated heterocycles. The minimum absolute atomic E-state index is 0.715. The van der Waals surface area contributed by atoms with Gasteiger partial charge in [-0.25, -0.2) is 0 Å². The lowest BCUT2D eigenvalue weighted by atomic mass is 10.1. The molecule has 9 aromatic rings. The second-order valence-electron chi connectivity index (χ2n) is 11.7. The van der Waals surface area contributed by atoms with E-state index in [1.807, 2.05) is 30.3 Å². The normalized spacial score (nSPS) is 11.3. The summed E-state index contributed by atoms with van der Waals surface area (Å²) in [6, 6.07) is 52.7. The molecule has 0 aliphatic heterocycles. The first-order valence-corrected chi connectivity index (χ1v) is 16.1. The van der Waals surface area contributed by atoms with Crippen LogP contribution in [-0.4, -0.2) is 29.3 Å². The molecule has 232 valence electrons. The van der Waals surface area contributed by atoms with Gasteiger partial charge in [0.25, 0.3) is 0 Å². The molecule has 0 radical (unpaired) electrons. The Morgan fingerprint density at radius 3 is 1.57 bits per heavy atom. The fourth-order valence-corrected chi connectivity index (χ4v) is 6.63. The number of fused-ring (bicyclic) bond motifs is 3. The van der Waals surface area contributed by atoms with Crippen LogP contribution in [0.5, 0.6) is 0 Å². The predicted molar refractivity (Wildman–Crippen MR) is 197 cm³/mol. The maximum absolute atomic E-state index is 4.66. The summed E-state index contributed by atoms with van der Waals surface area (Å²) in [6.45, 7) is 0. The van der Waals surface area contributed by atoms with Gasteiger partial charge in [-0.15, -0.1) is 10.2 Å². The highest BCUT2D eigenvalue weighted by Gasteiger charge is 2.19. The smallest absolute Gasteiger partial charge is 0.170 e. The van der Waals surface area contributed by atoms with Crippen molar-refractivity contribution >= 4 is 38.9 Å². The van der Waals surface area contributed by atoms with Crippen LogP contribution in [-0.2, 0) is 0 Å². The zero-order valence-corrected chi connectivity index (χ0v) is 26.4. The number of aromatic nitrogens is 6. The van der Waals surface area contributed by atoms with Crippen LogP contribution in [0.1, 0.15) is 0 Å². The van der Waals surface area contributed by atoms with Gasteiger partial charge in [-0.3, -0.25) is 14.5 Å². The Kier molecular flexibility index (Phi) is 6.98. The molecular formula is C42H29N7. The summed E-state index contributed by atoms with van der Waals surface area (Å²) in [5.74, 6) is 1.45. The lowest BCUT2D eigenvalue weighted by Crippen LogP contribution is -2.10. The van der Waals surface area contributed by atoms with Crippen LogP contribution < -0.4 is 4.90 Å². The van der Waals surface area contributed by atoms with Crippen molar-refractivity contribution in [3.8, 4) is 34.2 Å². The van der Waals surface area contributed by atoms with E-state index in [1.54, 1.807) is 24.8 Å². The predicted octanol–water partition coefficient (Wildman–Crippen LogP) is 9.96. The molecule has 9 rings (SSSR count). The molecule has 5 aromatic carbocycles. The molecular weight excluding hydrogens is 603 g/mol. The maximum Gasteiger partial charge on any atom is 0.170 e. The van der Waals surface area contributed by atoms with E-state index in [-0.39, 0.29) is 0 Å².